The third-order valence-corrected chi connectivity index (χ3v) is 4.18. The van der Waals surface area contributed by atoms with Gasteiger partial charge in [0.05, 0.1) is 26.1 Å². The zero-order valence-corrected chi connectivity index (χ0v) is 14.4. The SMILES string of the molecule is COc1ccc(CC(=O)N2CCC(Oc3cc(C)oc(=O)c3)C2)cc1. The third-order valence-electron chi connectivity index (χ3n) is 4.18. The second-order valence-corrected chi connectivity index (χ2v) is 6.12. The maximum absolute atomic E-state index is 12.4. The van der Waals surface area contributed by atoms with Crippen molar-refractivity contribution in [3.8, 4) is 11.5 Å². The molecule has 1 aromatic carbocycles. The molecule has 1 aliphatic heterocycles. The van der Waals surface area contributed by atoms with Gasteiger partial charge in [0.25, 0.3) is 0 Å². The molecule has 2 heterocycles. The molecule has 6 heteroatoms. The van der Waals surface area contributed by atoms with Crippen molar-refractivity contribution in [1.29, 1.82) is 0 Å². The first kappa shape index (κ1) is 17.1. The fraction of sp³-hybridized carbons (Fsp3) is 0.368. The number of rotatable bonds is 5. The Labute approximate surface area is 146 Å². The van der Waals surface area contributed by atoms with Crippen LogP contribution in [0.2, 0.25) is 0 Å². The van der Waals surface area contributed by atoms with Crippen molar-refractivity contribution >= 4 is 5.91 Å². The molecule has 0 N–H and O–H groups in total. The molecule has 1 aromatic heterocycles. The van der Waals surface area contributed by atoms with Crippen molar-refractivity contribution < 1.29 is 18.7 Å². The smallest absolute Gasteiger partial charge is 0.339 e. The molecule has 1 amide bonds. The van der Waals surface area contributed by atoms with Crippen LogP contribution < -0.4 is 15.1 Å². The highest BCUT2D eigenvalue weighted by Crippen LogP contribution is 2.19. The monoisotopic (exact) mass is 343 g/mol. The Morgan fingerprint density at radius 3 is 2.68 bits per heavy atom. The number of benzene rings is 1. The molecule has 0 radical (unpaired) electrons. The molecule has 25 heavy (non-hydrogen) atoms. The zero-order valence-electron chi connectivity index (χ0n) is 14.4. The van der Waals surface area contributed by atoms with E-state index < -0.39 is 5.63 Å². The van der Waals surface area contributed by atoms with E-state index in [1.807, 2.05) is 24.3 Å². The number of hydrogen-bond acceptors (Lipinski definition) is 5. The largest absolute Gasteiger partial charge is 0.497 e. The second kappa shape index (κ2) is 7.42. The van der Waals surface area contributed by atoms with Crippen molar-refractivity contribution in [1.82, 2.24) is 4.90 Å². The van der Waals surface area contributed by atoms with Gasteiger partial charge in [-0.2, -0.15) is 0 Å². The normalized spacial score (nSPS) is 16.7. The standard InChI is InChI=1S/C19H21NO5/c1-13-9-17(11-19(22)24-13)25-16-7-8-20(12-16)18(21)10-14-3-5-15(23-2)6-4-14/h3-6,9,11,16H,7-8,10,12H2,1-2H3. The molecule has 0 bridgehead atoms. The Morgan fingerprint density at radius 2 is 2.00 bits per heavy atom. The molecule has 0 saturated carbocycles. The Hall–Kier alpha value is -2.76. The van der Waals surface area contributed by atoms with Crippen LogP contribution in [0.25, 0.3) is 0 Å². The topological polar surface area (TPSA) is 69.0 Å². The number of methoxy groups -OCH3 is 1. The van der Waals surface area contributed by atoms with E-state index in [0.29, 0.717) is 31.0 Å². The van der Waals surface area contributed by atoms with E-state index in [4.69, 9.17) is 13.9 Å². The average molecular weight is 343 g/mol. The summed E-state index contributed by atoms with van der Waals surface area (Å²) in [5.41, 5.74) is 0.520. The summed E-state index contributed by atoms with van der Waals surface area (Å²) >= 11 is 0. The van der Waals surface area contributed by atoms with Crippen molar-refractivity contribution in [2.24, 2.45) is 0 Å². The lowest BCUT2D eigenvalue weighted by molar-refractivity contribution is -0.129. The van der Waals surface area contributed by atoms with Gasteiger partial charge in [0.2, 0.25) is 5.91 Å². The van der Waals surface area contributed by atoms with E-state index in [1.54, 1.807) is 25.0 Å². The highest BCUT2D eigenvalue weighted by molar-refractivity contribution is 5.79. The maximum atomic E-state index is 12.4. The van der Waals surface area contributed by atoms with Crippen molar-refractivity contribution in [2.75, 3.05) is 20.2 Å². The molecule has 0 aliphatic carbocycles. The van der Waals surface area contributed by atoms with Crippen LogP contribution in [0.4, 0.5) is 0 Å². The molecule has 1 atom stereocenters. The summed E-state index contributed by atoms with van der Waals surface area (Å²) in [5.74, 6) is 1.84. The quantitative estimate of drug-likeness (QED) is 0.832. The molecule has 6 nitrogen and oxygen atoms in total. The summed E-state index contributed by atoms with van der Waals surface area (Å²) in [6.07, 6.45) is 0.985. The van der Waals surface area contributed by atoms with E-state index >= 15 is 0 Å². The van der Waals surface area contributed by atoms with Gasteiger partial charge in [0.1, 0.15) is 23.4 Å². The van der Waals surface area contributed by atoms with Crippen molar-refractivity contribution in [3.63, 3.8) is 0 Å². The predicted molar refractivity (Wildman–Crippen MR) is 92.0 cm³/mol. The minimum Gasteiger partial charge on any atom is -0.497 e. The fourth-order valence-corrected chi connectivity index (χ4v) is 2.92. The zero-order chi connectivity index (χ0) is 17.8. The van der Waals surface area contributed by atoms with Gasteiger partial charge in [-0.25, -0.2) is 4.79 Å². The van der Waals surface area contributed by atoms with Crippen molar-refractivity contribution in [2.45, 2.75) is 25.9 Å². The van der Waals surface area contributed by atoms with Gasteiger partial charge in [-0.1, -0.05) is 12.1 Å². The first-order valence-corrected chi connectivity index (χ1v) is 8.22. The van der Waals surface area contributed by atoms with E-state index in [0.717, 1.165) is 17.7 Å². The lowest BCUT2D eigenvalue weighted by atomic mass is 10.1. The number of carbonyl (C=O) groups excluding carboxylic acids is 1. The van der Waals surface area contributed by atoms with Gasteiger partial charge < -0.3 is 18.8 Å². The number of ether oxygens (including phenoxy) is 2. The number of aryl methyl sites for hydroxylation is 1. The van der Waals surface area contributed by atoms with Crippen LogP contribution >= 0.6 is 0 Å². The number of amides is 1. The van der Waals surface area contributed by atoms with Crippen LogP contribution in [0.15, 0.2) is 45.6 Å². The van der Waals surface area contributed by atoms with E-state index in [9.17, 15) is 9.59 Å². The van der Waals surface area contributed by atoms with E-state index in [1.165, 1.54) is 6.07 Å². The second-order valence-electron chi connectivity index (χ2n) is 6.12. The van der Waals surface area contributed by atoms with Gasteiger partial charge in [-0.15, -0.1) is 0 Å². The van der Waals surface area contributed by atoms with Gasteiger partial charge in [-0.3, -0.25) is 4.79 Å². The van der Waals surface area contributed by atoms with E-state index in [-0.39, 0.29) is 12.0 Å². The van der Waals surface area contributed by atoms with Gasteiger partial charge in [0.15, 0.2) is 0 Å². The number of likely N-dealkylation sites (tertiary alicyclic amines) is 1. The van der Waals surface area contributed by atoms with Crippen LogP contribution in [0.3, 0.4) is 0 Å². The van der Waals surface area contributed by atoms with Crippen LogP contribution in [-0.2, 0) is 11.2 Å². The molecule has 1 fully saturated rings. The fourth-order valence-electron chi connectivity index (χ4n) is 2.92. The van der Waals surface area contributed by atoms with Crippen LogP contribution in [-0.4, -0.2) is 37.1 Å². The van der Waals surface area contributed by atoms with Gasteiger partial charge >= 0.3 is 5.63 Å². The summed E-state index contributed by atoms with van der Waals surface area (Å²) in [6, 6.07) is 10.5. The summed E-state index contributed by atoms with van der Waals surface area (Å²) in [7, 11) is 1.61. The Kier molecular flexibility index (Phi) is 5.07. The summed E-state index contributed by atoms with van der Waals surface area (Å²) in [4.78, 5) is 25.6. The number of hydrogen-bond donors (Lipinski definition) is 0. The van der Waals surface area contributed by atoms with Crippen LogP contribution in [0, 0.1) is 6.92 Å². The molecule has 2 aromatic rings. The maximum Gasteiger partial charge on any atom is 0.339 e. The summed E-state index contributed by atoms with van der Waals surface area (Å²) < 4.78 is 15.9. The molecule has 0 spiro atoms. The molecule has 1 saturated heterocycles. The van der Waals surface area contributed by atoms with Crippen molar-refractivity contribution in [3.05, 3.63) is 58.1 Å². The van der Waals surface area contributed by atoms with Gasteiger partial charge in [0, 0.05) is 19.0 Å². The Morgan fingerprint density at radius 1 is 1.24 bits per heavy atom. The number of nitrogens with zero attached hydrogens (tertiary/aromatic N) is 1. The summed E-state index contributed by atoms with van der Waals surface area (Å²) in [6.45, 7) is 2.88. The third kappa shape index (κ3) is 4.41. The van der Waals surface area contributed by atoms with Gasteiger partial charge in [-0.05, 0) is 24.6 Å². The van der Waals surface area contributed by atoms with Crippen LogP contribution in [0.1, 0.15) is 17.7 Å². The first-order valence-electron chi connectivity index (χ1n) is 8.22. The molecule has 1 unspecified atom stereocenters. The average Bonchev–Trinajstić information content (AvgIpc) is 3.03. The van der Waals surface area contributed by atoms with E-state index in [2.05, 4.69) is 0 Å². The molecular formula is C19H21NO5. The number of carbonyl (C=O) groups is 1. The molecule has 3 rings (SSSR count). The highest BCUT2D eigenvalue weighted by Gasteiger charge is 2.27. The Bertz CT molecular complexity index is 796. The molecule has 1 aliphatic rings. The molecule has 132 valence electrons. The Balaban J connectivity index is 1.56. The summed E-state index contributed by atoms with van der Waals surface area (Å²) in [5, 5.41) is 0. The minimum absolute atomic E-state index is 0.0695. The lowest BCUT2D eigenvalue weighted by Gasteiger charge is -2.17. The predicted octanol–water partition coefficient (Wildman–Crippen LogP) is 2.18. The first-order chi connectivity index (χ1) is 12.0. The minimum atomic E-state index is -0.430. The van der Waals surface area contributed by atoms with Crippen LogP contribution in [0.5, 0.6) is 11.5 Å². The lowest BCUT2D eigenvalue weighted by Crippen LogP contribution is -2.32. The molecular weight excluding hydrogens is 322 g/mol. The highest BCUT2D eigenvalue weighted by atomic mass is 16.5.